The third-order valence-electron chi connectivity index (χ3n) is 7.55. The zero-order valence-electron chi connectivity index (χ0n) is 27.2. The molecule has 0 saturated carbocycles. The molecule has 45 heavy (non-hydrogen) atoms. The normalized spacial score (nSPS) is 15.8. The van der Waals surface area contributed by atoms with Gasteiger partial charge in [-0.1, -0.05) is 31.2 Å². The molecule has 0 amide bonds. The second-order valence-electron chi connectivity index (χ2n) is 11.8. The van der Waals surface area contributed by atoms with Crippen molar-refractivity contribution in [3.05, 3.63) is 77.4 Å². The average Bonchev–Trinajstić information content (AvgIpc) is 3.01. The Balaban J connectivity index is 0.000000468. The standard InChI is InChI=1S/C28H39NO6.C6H6O3S/c1-17(27(30)35-28(2,3)4)20(13-18-9-10-22(31-5)23(14-18)32-6)26-21-16-25(34-8)24(33-7)15-19(21)11-12-29-26;7-10(8,9)6-4-2-1-3-5-6/h9-10,14-17,20,26,29H,11-13H2,1-8H3;1-5H,(H,7,8,9)/t17?,20?,26-;/m0./s1. The van der Waals surface area contributed by atoms with E-state index in [0.29, 0.717) is 29.4 Å². The Morgan fingerprint density at radius 3 is 2.00 bits per heavy atom. The quantitative estimate of drug-likeness (QED) is 0.210. The number of rotatable bonds is 10. The predicted molar refractivity (Wildman–Crippen MR) is 172 cm³/mol. The van der Waals surface area contributed by atoms with Crippen LogP contribution in [0, 0.1) is 11.8 Å². The van der Waals surface area contributed by atoms with Gasteiger partial charge in [0.25, 0.3) is 10.1 Å². The van der Waals surface area contributed by atoms with Crippen LogP contribution in [0.25, 0.3) is 0 Å². The molecule has 0 bridgehead atoms. The van der Waals surface area contributed by atoms with E-state index in [-0.39, 0.29) is 28.7 Å². The van der Waals surface area contributed by atoms with Gasteiger partial charge in [0.1, 0.15) is 5.60 Å². The highest BCUT2D eigenvalue weighted by atomic mass is 32.2. The molecule has 0 fully saturated rings. The molecule has 1 aliphatic heterocycles. The number of hydrogen-bond acceptors (Lipinski definition) is 9. The zero-order chi connectivity index (χ0) is 33.4. The summed E-state index contributed by atoms with van der Waals surface area (Å²) in [6.45, 7) is 8.44. The highest BCUT2D eigenvalue weighted by Gasteiger charge is 2.37. The first-order chi connectivity index (χ1) is 21.2. The second-order valence-corrected chi connectivity index (χ2v) is 13.2. The van der Waals surface area contributed by atoms with Crippen LogP contribution in [-0.4, -0.2) is 59.5 Å². The highest BCUT2D eigenvalue weighted by Crippen LogP contribution is 2.41. The number of methoxy groups -OCH3 is 4. The van der Waals surface area contributed by atoms with Gasteiger partial charge < -0.3 is 29.0 Å². The lowest BCUT2D eigenvalue weighted by atomic mass is 9.76. The van der Waals surface area contributed by atoms with Crippen molar-refractivity contribution in [3.8, 4) is 23.0 Å². The average molecular weight is 644 g/mol. The van der Waals surface area contributed by atoms with Gasteiger partial charge in [-0.15, -0.1) is 0 Å². The summed E-state index contributed by atoms with van der Waals surface area (Å²) in [5.74, 6) is 2.07. The van der Waals surface area contributed by atoms with Crippen molar-refractivity contribution in [2.75, 3.05) is 35.0 Å². The number of carbonyl (C=O) groups is 1. The molecule has 0 spiro atoms. The fourth-order valence-corrected chi connectivity index (χ4v) is 5.82. The van der Waals surface area contributed by atoms with E-state index in [1.807, 2.05) is 58.0 Å². The number of hydrogen-bond donors (Lipinski definition) is 2. The minimum absolute atomic E-state index is 0.0741. The number of ether oxygens (including phenoxy) is 5. The Hall–Kier alpha value is -3.80. The van der Waals surface area contributed by atoms with Gasteiger partial charge in [0.05, 0.1) is 39.3 Å². The van der Waals surface area contributed by atoms with E-state index in [2.05, 4.69) is 5.32 Å². The van der Waals surface area contributed by atoms with Crippen LogP contribution in [0.3, 0.4) is 0 Å². The molecule has 0 saturated heterocycles. The molecule has 4 rings (SSSR count). The molecule has 2 N–H and O–H groups in total. The summed E-state index contributed by atoms with van der Waals surface area (Å²) in [6.07, 6.45) is 1.52. The van der Waals surface area contributed by atoms with Crippen molar-refractivity contribution >= 4 is 16.1 Å². The molecule has 1 aliphatic rings. The first kappa shape index (κ1) is 35.7. The van der Waals surface area contributed by atoms with Gasteiger partial charge in [-0.2, -0.15) is 8.42 Å². The molecule has 3 aromatic rings. The Bertz CT molecular complexity index is 1540. The van der Waals surface area contributed by atoms with Crippen molar-refractivity contribution in [1.82, 2.24) is 5.32 Å². The summed E-state index contributed by atoms with van der Waals surface area (Å²) in [4.78, 5) is 13.2. The molecular weight excluding hydrogens is 598 g/mol. The Kier molecular flexibility index (Phi) is 12.3. The molecule has 1 heterocycles. The maximum atomic E-state index is 13.3. The van der Waals surface area contributed by atoms with Gasteiger partial charge >= 0.3 is 5.97 Å². The van der Waals surface area contributed by atoms with Gasteiger partial charge in [0.2, 0.25) is 0 Å². The molecule has 11 heteroatoms. The maximum absolute atomic E-state index is 13.3. The molecule has 3 atom stereocenters. The van der Waals surface area contributed by atoms with Crippen molar-refractivity contribution < 1.29 is 41.4 Å². The Labute approximate surface area is 266 Å². The molecule has 0 aromatic heterocycles. The Morgan fingerprint density at radius 2 is 1.47 bits per heavy atom. The van der Waals surface area contributed by atoms with Crippen LogP contribution >= 0.6 is 0 Å². The van der Waals surface area contributed by atoms with Crippen LogP contribution < -0.4 is 24.3 Å². The fourth-order valence-electron chi connectivity index (χ4n) is 5.32. The number of carbonyl (C=O) groups excluding carboxylic acids is 1. The lowest BCUT2D eigenvalue weighted by Gasteiger charge is -2.37. The van der Waals surface area contributed by atoms with Gasteiger partial charge in [-0.3, -0.25) is 9.35 Å². The summed E-state index contributed by atoms with van der Waals surface area (Å²) in [6, 6.07) is 17.3. The van der Waals surface area contributed by atoms with E-state index in [0.717, 1.165) is 24.1 Å². The third-order valence-corrected chi connectivity index (χ3v) is 8.42. The second kappa shape index (κ2) is 15.5. The smallest absolute Gasteiger partial charge is 0.309 e. The Morgan fingerprint density at radius 1 is 0.889 bits per heavy atom. The van der Waals surface area contributed by atoms with E-state index >= 15 is 0 Å². The van der Waals surface area contributed by atoms with Crippen LogP contribution in [0.5, 0.6) is 23.0 Å². The van der Waals surface area contributed by atoms with E-state index in [1.165, 1.54) is 17.7 Å². The predicted octanol–water partition coefficient (Wildman–Crippen LogP) is 5.68. The summed E-state index contributed by atoms with van der Waals surface area (Å²) < 4.78 is 57.1. The first-order valence-corrected chi connectivity index (χ1v) is 16.1. The number of esters is 1. The van der Waals surface area contributed by atoms with Crippen molar-refractivity contribution in [3.63, 3.8) is 0 Å². The summed E-state index contributed by atoms with van der Waals surface area (Å²) in [7, 11) is 2.53. The van der Waals surface area contributed by atoms with E-state index in [9.17, 15) is 13.2 Å². The molecule has 0 aliphatic carbocycles. The molecule has 246 valence electrons. The van der Waals surface area contributed by atoms with Gasteiger partial charge in [-0.25, -0.2) is 0 Å². The molecular formula is C34H45NO9S. The lowest BCUT2D eigenvalue weighted by molar-refractivity contribution is -0.161. The lowest BCUT2D eigenvalue weighted by Crippen LogP contribution is -2.41. The van der Waals surface area contributed by atoms with Crippen LogP contribution in [0.1, 0.15) is 50.4 Å². The summed E-state index contributed by atoms with van der Waals surface area (Å²) in [5, 5.41) is 3.67. The van der Waals surface area contributed by atoms with E-state index in [4.69, 9.17) is 28.2 Å². The summed E-state index contributed by atoms with van der Waals surface area (Å²) in [5.41, 5.74) is 2.81. The van der Waals surface area contributed by atoms with Crippen molar-refractivity contribution in [2.45, 2.75) is 57.1 Å². The summed E-state index contributed by atoms with van der Waals surface area (Å²) >= 11 is 0. The van der Waals surface area contributed by atoms with Crippen molar-refractivity contribution in [2.24, 2.45) is 11.8 Å². The van der Waals surface area contributed by atoms with E-state index < -0.39 is 15.7 Å². The third kappa shape index (κ3) is 9.59. The van der Waals surface area contributed by atoms with Crippen LogP contribution in [0.2, 0.25) is 0 Å². The number of nitrogens with one attached hydrogen (secondary N) is 1. The minimum Gasteiger partial charge on any atom is -0.493 e. The largest absolute Gasteiger partial charge is 0.493 e. The topological polar surface area (TPSA) is 130 Å². The van der Waals surface area contributed by atoms with Gasteiger partial charge in [0, 0.05) is 6.04 Å². The van der Waals surface area contributed by atoms with Crippen LogP contribution in [-0.2, 0) is 32.5 Å². The molecule has 10 nitrogen and oxygen atoms in total. The number of fused-ring (bicyclic) bond motifs is 1. The fraction of sp³-hybridized carbons (Fsp3) is 0.441. The van der Waals surface area contributed by atoms with Crippen molar-refractivity contribution in [1.29, 1.82) is 0 Å². The zero-order valence-corrected chi connectivity index (χ0v) is 28.1. The van der Waals surface area contributed by atoms with Gasteiger partial charge in [0.15, 0.2) is 23.0 Å². The minimum atomic E-state index is -4.00. The molecule has 2 unspecified atom stereocenters. The van der Waals surface area contributed by atoms with Gasteiger partial charge in [-0.05, 0) is 99.2 Å². The molecule has 3 aromatic carbocycles. The number of benzene rings is 3. The monoisotopic (exact) mass is 643 g/mol. The SMILES string of the molecule is COc1ccc(CC(C(C)C(=O)OC(C)(C)C)[C@@H]2NCCc3cc(OC)c(OC)cc32)cc1OC.O=S(=O)(O)c1ccccc1. The molecule has 0 radical (unpaired) electrons. The van der Waals surface area contributed by atoms with E-state index in [1.54, 1.807) is 46.6 Å². The maximum Gasteiger partial charge on any atom is 0.309 e. The first-order valence-electron chi connectivity index (χ1n) is 14.7. The van der Waals surface area contributed by atoms with Crippen LogP contribution in [0.15, 0.2) is 65.6 Å². The highest BCUT2D eigenvalue weighted by molar-refractivity contribution is 7.85. The van der Waals surface area contributed by atoms with Crippen LogP contribution in [0.4, 0.5) is 0 Å².